The van der Waals surface area contributed by atoms with Gasteiger partial charge in [0.15, 0.2) is 0 Å². The van der Waals surface area contributed by atoms with E-state index in [9.17, 15) is 9.59 Å². The Hall–Kier alpha value is -2.52. The van der Waals surface area contributed by atoms with Crippen molar-refractivity contribution in [3.63, 3.8) is 0 Å². The summed E-state index contributed by atoms with van der Waals surface area (Å²) in [6.07, 6.45) is 1.73. The molecule has 0 aliphatic carbocycles. The quantitative estimate of drug-likeness (QED) is 0.383. The highest BCUT2D eigenvalue weighted by molar-refractivity contribution is 7.71. The second-order valence-corrected chi connectivity index (χ2v) is 8.21. The number of para-hydroxylation sites is 1. The topological polar surface area (TPSA) is 73.8 Å². The maximum absolute atomic E-state index is 13.2. The molecule has 0 radical (unpaired) electrons. The highest BCUT2D eigenvalue weighted by Gasteiger charge is 2.18. The zero-order chi connectivity index (χ0) is 21.8. The molecule has 0 spiro atoms. The van der Waals surface area contributed by atoms with E-state index in [0.29, 0.717) is 41.6 Å². The molecule has 3 rings (SSSR count). The number of ether oxygens (including phenoxy) is 1. The Morgan fingerprint density at radius 2 is 2.03 bits per heavy atom. The Morgan fingerprint density at radius 1 is 1.30 bits per heavy atom. The molecular weight excluding hydrogens is 402 g/mol. The summed E-state index contributed by atoms with van der Waals surface area (Å²) < 4.78 is 10.5. The van der Waals surface area contributed by atoms with Crippen molar-refractivity contribution in [2.75, 3.05) is 20.2 Å². The fourth-order valence-corrected chi connectivity index (χ4v) is 3.78. The Bertz CT molecular complexity index is 1160. The second-order valence-electron chi connectivity index (χ2n) is 7.84. The number of methoxy groups -OCH3 is 1. The third-order valence-corrected chi connectivity index (χ3v) is 5.46. The lowest BCUT2D eigenvalue weighted by Gasteiger charge is -2.19. The van der Waals surface area contributed by atoms with E-state index >= 15 is 0 Å². The molecule has 0 fully saturated rings. The zero-order valence-corrected chi connectivity index (χ0v) is 18.8. The SMILES string of the molecule is CCCN(CC(=O)OC)Cn1nc2n(CCC(C)C)c(=O)c3ccccc3n2c1=S. The first-order valence-corrected chi connectivity index (χ1v) is 10.7. The van der Waals surface area contributed by atoms with Gasteiger partial charge in [0.05, 0.1) is 31.2 Å². The van der Waals surface area contributed by atoms with E-state index in [-0.39, 0.29) is 18.1 Å². The molecule has 2 aromatic heterocycles. The lowest BCUT2D eigenvalue weighted by molar-refractivity contribution is -0.142. The number of carbonyl (C=O) groups excluding carboxylic acids is 1. The third-order valence-electron chi connectivity index (χ3n) is 5.07. The van der Waals surface area contributed by atoms with Crippen LogP contribution >= 0.6 is 12.2 Å². The van der Waals surface area contributed by atoms with E-state index in [1.54, 1.807) is 9.25 Å². The number of fused-ring (bicyclic) bond motifs is 3. The van der Waals surface area contributed by atoms with Crippen LogP contribution in [0.2, 0.25) is 0 Å². The number of rotatable bonds is 9. The molecule has 9 heteroatoms. The summed E-state index contributed by atoms with van der Waals surface area (Å²) in [6.45, 7) is 8.07. The van der Waals surface area contributed by atoms with Gasteiger partial charge in [-0.25, -0.2) is 4.68 Å². The van der Waals surface area contributed by atoms with Crippen LogP contribution in [0.4, 0.5) is 0 Å². The standard InChI is InChI=1S/C21H29N5O3S/c1-5-11-23(13-18(27)29-4)14-25-21(30)26-17-9-7-6-8-16(17)19(28)24(20(26)22-25)12-10-15(2)3/h6-9,15H,5,10-14H2,1-4H3. The number of hydrogen-bond acceptors (Lipinski definition) is 6. The maximum Gasteiger partial charge on any atom is 0.319 e. The van der Waals surface area contributed by atoms with Gasteiger partial charge in [0, 0.05) is 13.1 Å². The molecule has 0 aliphatic rings. The average molecular weight is 432 g/mol. The number of hydrogen-bond donors (Lipinski definition) is 0. The summed E-state index contributed by atoms with van der Waals surface area (Å²) in [7, 11) is 1.38. The van der Waals surface area contributed by atoms with Gasteiger partial charge in [0.25, 0.3) is 5.56 Å². The van der Waals surface area contributed by atoms with E-state index in [1.807, 2.05) is 40.5 Å². The molecule has 2 heterocycles. The summed E-state index contributed by atoms with van der Waals surface area (Å²) in [5.74, 6) is 0.672. The van der Waals surface area contributed by atoms with Crippen molar-refractivity contribution in [3.05, 3.63) is 39.4 Å². The Balaban J connectivity index is 2.16. The van der Waals surface area contributed by atoms with E-state index < -0.39 is 0 Å². The number of nitrogens with zero attached hydrogens (tertiary/aromatic N) is 5. The van der Waals surface area contributed by atoms with Crippen LogP contribution in [0, 0.1) is 10.7 Å². The predicted molar refractivity (Wildman–Crippen MR) is 119 cm³/mol. The molecule has 162 valence electrons. The summed E-state index contributed by atoms with van der Waals surface area (Å²) >= 11 is 5.74. The lowest BCUT2D eigenvalue weighted by Crippen LogP contribution is -2.33. The van der Waals surface area contributed by atoms with Gasteiger partial charge in [0.1, 0.15) is 0 Å². The summed E-state index contributed by atoms with van der Waals surface area (Å²) in [5, 5.41) is 5.32. The number of esters is 1. The summed E-state index contributed by atoms with van der Waals surface area (Å²) in [6, 6.07) is 7.45. The van der Waals surface area contributed by atoms with Crippen LogP contribution in [0.15, 0.2) is 29.1 Å². The first kappa shape index (κ1) is 22.2. The highest BCUT2D eigenvalue weighted by atomic mass is 32.1. The van der Waals surface area contributed by atoms with Gasteiger partial charge in [-0.3, -0.25) is 23.5 Å². The minimum Gasteiger partial charge on any atom is -0.468 e. The normalized spacial score (nSPS) is 11.8. The van der Waals surface area contributed by atoms with E-state index in [2.05, 4.69) is 13.8 Å². The zero-order valence-electron chi connectivity index (χ0n) is 18.0. The molecule has 0 aliphatic heterocycles. The number of carbonyl (C=O) groups is 1. The number of aromatic nitrogens is 4. The van der Waals surface area contributed by atoms with Crippen LogP contribution in [0.5, 0.6) is 0 Å². The van der Waals surface area contributed by atoms with Gasteiger partial charge < -0.3 is 4.74 Å². The number of aryl methyl sites for hydroxylation is 1. The van der Waals surface area contributed by atoms with Crippen LogP contribution in [0.3, 0.4) is 0 Å². The van der Waals surface area contributed by atoms with Crippen LogP contribution in [0.1, 0.15) is 33.6 Å². The Kier molecular flexibility index (Phi) is 7.04. The third kappa shape index (κ3) is 4.46. The Labute approximate surface area is 180 Å². The first-order chi connectivity index (χ1) is 14.4. The minimum atomic E-state index is -0.307. The van der Waals surface area contributed by atoms with Crippen molar-refractivity contribution in [2.45, 2.75) is 46.8 Å². The van der Waals surface area contributed by atoms with E-state index in [0.717, 1.165) is 18.4 Å². The molecule has 0 N–H and O–H groups in total. The lowest BCUT2D eigenvalue weighted by atomic mass is 10.1. The number of benzene rings is 1. The van der Waals surface area contributed by atoms with Crippen molar-refractivity contribution in [2.24, 2.45) is 5.92 Å². The molecule has 0 saturated heterocycles. The van der Waals surface area contributed by atoms with Crippen molar-refractivity contribution in [1.29, 1.82) is 0 Å². The molecule has 3 aromatic rings. The van der Waals surface area contributed by atoms with Crippen molar-refractivity contribution in [1.82, 2.24) is 23.6 Å². The monoisotopic (exact) mass is 431 g/mol. The van der Waals surface area contributed by atoms with Crippen LogP contribution in [-0.2, 0) is 22.7 Å². The molecular formula is C21H29N5O3S. The molecule has 0 bridgehead atoms. The maximum atomic E-state index is 13.2. The summed E-state index contributed by atoms with van der Waals surface area (Å²) in [5.41, 5.74) is 0.676. The molecule has 0 amide bonds. The fraction of sp³-hybridized carbons (Fsp3) is 0.524. The largest absolute Gasteiger partial charge is 0.468 e. The molecule has 0 unspecified atom stereocenters. The van der Waals surface area contributed by atoms with Crippen molar-refractivity contribution < 1.29 is 9.53 Å². The van der Waals surface area contributed by atoms with E-state index in [1.165, 1.54) is 7.11 Å². The first-order valence-electron chi connectivity index (χ1n) is 10.3. The molecule has 1 aromatic carbocycles. The van der Waals surface area contributed by atoms with Gasteiger partial charge in [0.2, 0.25) is 10.5 Å². The average Bonchev–Trinajstić information content (AvgIpc) is 3.03. The molecule has 30 heavy (non-hydrogen) atoms. The molecule has 8 nitrogen and oxygen atoms in total. The molecule has 0 saturated carbocycles. The van der Waals surface area contributed by atoms with E-state index in [4.69, 9.17) is 22.1 Å². The fourth-order valence-electron chi connectivity index (χ4n) is 3.50. The van der Waals surface area contributed by atoms with Gasteiger partial charge in [-0.1, -0.05) is 32.9 Å². The predicted octanol–water partition coefficient (Wildman–Crippen LogP) is 3.07. The van der Waals surface area contributed by atoms with Crippen molar-refractivity contribution in [3.8, 4) is 0 Å². The van der Waals surface area contributed by atoms with Gasteiger partial charge in [-0.05, 0) is 43.1 Å². The van der Waals surface area contributed by atoms with Gasteiger partial charge in [-0.2, -0.15) is 0 Å². The molecule has 0 atom stereocenters. The van der Waals surface area contributed by atoms with Crippen LogP contribution < -0.4 is 5.56 Å². The van der Waals surface area contributed by atoms with Gasteiger partial charge >= 0.3 is 5.97 Å². The van der Waals surface area contributed by atoms with Crippen LogP contribution in [-0.4, -0.2) is 49.8 Å². The highest BCUT2D eigenvalue weighted by Crippen LogP contribution is 2.15. The minimum absolute atomic E-state index is 0.0640. The van der Waals surface area contributed by atoms with Gasteiger partial charge in [-0.15, -0.1) is 5.10 Å². The summed E-state index contributed by atoms with van der Waals surface area (Å²) in [4.78, 5) is 26.9. The second kappa shape index (κ2) is 9.53. The van der Waals surface area contributed by atoms with Crippen molar-refractivity contribution >= 4 is 34.9 Å². The smallest absolute Gasteiger partial charge is 0.319 e. The van der Waals surface area contributed by atoms with Crippen LogP contribution in [0.25, 0.3) is 16.7 Å². The Morgan fingerprint density at radius 3 is 2.70 bits per heavy atom.